The number of fused-ring (bicyclic) bond motifs is 1. The Morgan fingerprint density at radius 1 is 1.39 bits per heavy atom. The molecule has 0 saturated heterocycles. The molecule has 3 aromatic rings. The molecule has 1 aliphatic rings. The van der Waals surface area contributed by atoms with Gasteiger partial charge in [0.1, 0.15) is 0 Å². The van der Waals surface area contributed by atoms with Gasteiger partial charge in [0.2, 0.25) is 0 Å². The highest BCUT2D eigenvalue weighted by atomic mass is 35.5. The zero-order valence-electron chi connectivity index (χ0n) is 9.58. The first-order valence-corrected chi connectivity index (χ1v) is 7.34. The second-order valence-corrected chi connectivity index (χ2v) is 5.67. The molecule has 18 heavy (non-hydrogen) atoms. The van der Waals surface area contributed by atoms with Crippen molar-refractivity contribution in [3.63, 3.8) is 0 Å². The third-order valence-electron chi connectivity index (χ3n) is 3.29. The Bertz CT molecular complexity index is 707. The lowest BCUT2D eigenvalue weighted by atomic mass is 10.3. The molecular formula is C12H11ClN4S. The fourth-order valence-corrected chi connectivity index (χ4v) is 3.16. The van der Waals surface area contributed by atoms with E-state index in [1.54, 1.807) is 11.3 Å². The van der Waals surface area contributed by atoms with Crippen LogP contribution in [0, 0.1) is 0 Å². The summed E-state index contributed by atoms with van der Waals surface area (Å²) >= 11 is 7.65. The van der Waals surface area contributed by atoms with Gasteiger partial charge in [0.05, 0.1) is 17.3 Å². The summed E-state index contributed by atoms with van der Waals surface area (Å²) in [6, 6.07) is 2.09. The molecule has 4 rings (SSSR count). The number of hydrogen-bond donors (Lipinski definition) is 0. The van der Waals surface area contributed by atoms with Crippen LogP contribution >= 0.6 is 22.9 Å². The van der Waals surface area contributed by atoms with Crippen LogP contribution < -0.4 is 0 Å². The average molecular weight is 279 g/mol. The topological polar surface area (TPSA) is 35.1 Å². The summed E-state index contributed by atoms with van der Waals surface area (Å²) in [6.45, 7) is 0. The number of imidazole rings is 1. The molecule has 0 aliphatic heterocycles. The SMILES string of the molecule is ClCc1c(-n2ccc(C3CC3)n2)nc2sccn12. The molecule has 0 amide bonds. The predicted molar refractivity (Wildman–Crippen MR) is 71.7 cm³/mol. The van der Waals surface area contributed by atoms with E-state index < -0.39 is 0 Å². The van der Waals surface area contributed by atoms with Crippen molar-refractivity contribution in [1.82, 2.24) is 19.2 Å². The maximum absolute atomic E-state index is 6.04. The highest BCUT2D eigenvalue weighted by Crippen LogP contribution is 2.39. The zero-order chi connectivity index (χ0) is 12.1. The van der Waals surface area contributed by atoms with E-state index in [4.69, 9.17) is 11.6 Å². The maximum atomic E-state index is 6.04. The lowest BCUT2D eigenvalue weighted by Gasteiger charge is -1.99. The maximum Gasteiger partial charge on any atom is 0.195 e. The second kappa shape index (κ2) is 3.83. The summed E-state index contributed by atoms with van der Waals surface area (Å²) < 4.78 is 3.89. The molecule has 6 heteroatoms. The Balaban J connectivity index is 1.86. The van der Waals surface area contributed by atoms with Crippen molar-refractivity contribution in [2.45, 2.75) is 24.6 Å². The van der Waals surface area contributed by atoms with Gasteiger partial charge in [0.15, 0.2) is 10.8 Å². The molecule has 92 valence electrons. The number of thiazole rings is 1. The van der Waals surface area contributed by atoms with Crippen LogP contribution in [0.5, 0.6) is 0 Å². The predicted octanol–water partition coefficient (Wildman–Crippen LogP) is 3.20. The fourth-order valence-electron chi connectivity index (χ4n) is 2.18. The van der Waals surface area contributed by atoms with Gasteiger partial charge in [-0.25, -0.2) is 4.68 Å². The summed E-state index contributed by atoms with van der Waals surface area (Å²) in [5.41, 5.74) is 2.17. The lowest BCUT2D eigenvalue weighted by molar-refractivity contribution is 0.810. The summed E-state index contributed by atoms with van der Waals surface area (Å²) in [7, 11) is 0. The van der Waals surface area contributed by atoms with Crippen molar-refractivity contribution in [3.8, 4) is 5.82 Å². The third-order valence-corrected chi connectivity index (χ3v) is 4.30. The van der Waals surface area contributed by atoms with Crippen LogP contribution in [0.3, 0.4) is 0 Å². The Hall–Kier alpha value is -1.33. The summed E-state index contributed by atoms with van der Waals surface area (Å²) in [6.07, 6.45) is 6.50. The minimum atomic E-state index is 0.436. The summed E-state index contributed by atoms with van der Waals surface area (Å²) in [4.78, 5) is 5.57. The van der Waals surface area contributed by atoms with Gasteiger partial charge in [-0.15, -0.1) is 22.9 Å². The van der Waals surface area contributed by atoms with Crippen molar-refractivity contribution >= 4 is 27.9 Å². The standard InChI is InChI=1S/C12H11ClN4S/c13-7-10-11(14-12-16(10)5-6-18-12)17-4-3-9(15-17)8-1-2-8/h3-6,8H,1-2,7H2. The van der Waals surface area contributed by atoms with Crippen molar-refractivity contribution in [3.05, 3.63) is 35.2 Å². The van der Waals surface area contributed by atoms with Crippen LogP contribution in [0.1, 0.15) is 30.1 Å². The Morgan fingerprint density at radius 3 is 3.06 bits per heavy atom. The third kappa shape index (κ3) is 1.51. The molecule has 1 saturated carbocycles. The molecule has 0 atom stereocenters. The molecule has 0 N–H and O–H groups in total. The molecule has 3 aromatic heterocycles. The van der Waals surface area contributed by atoms with Gasteiger partial charge in [-0.3, -0.25) is 4.40 Å². The van der Waals surface area contributed by atoms with Gasteiger partial charge >= 0.3 is 0 Å². The van der Waals surface area contributed by atoms with Crippen LogP contribution in [0.25, 0.3) is 10.8 Å². The Kier molecular flexibility index (Phi) is 2.25. The molecule has 0 radical (unpaired) electrons. The van der Waals surface area contributed by atoms with Crippen LogP contribution in [-0.4, -0.2) is 19.2 Å². The van der Waals surface area contributed by atoms with E-state index in [0.717, 1.165) is 16.5 Å². The van der Waals surface area contributed by atoms with E-state index >= 15 is 0 Å². The number of nitrogens with zero attached hydrogens (tertiary/aromatic N) is 4. The van der Waals surface area contributed by atoms with Gasteiger partial charge in [-0.1, -0.05) is 0 Å². The van der Waals surface area contributed by atoms with E-state index in [1.165, 1.54) is 18.5 Å². The van der Waals surface area contributed by atoms with E-state index in [1.807, 2.05) is 26.9 Å². The van der Waals surface area contributed by atoms with Gasteiger partial charge in [-0.05, 0) is 18.9 Å². The van der Waals surface area contributed by atoms with Gasteiger partial charge in [0, 0.05) is 23.7 Å². The summed E-state index contributed by atoms with van der Waals surface area (Å²) in [5, 5.41) is 6.63. The minimum absolute atomic E-state index is 0.436. The van der Waals surface area contributed by atoms with Crippen LogP contribution in [0.15, 0.2) is 23.8 Å². The smallest absolute Gasteiger partial charge is 0.195 e. The first kappa shape index (κ1) is 10.6. The highest BCUT2D eigenvalue weighted by Gasteiger charge is 2.26. The molecule has 0 unspecified atom stereocenters. The minimum Gasteiger partial charge on any atom is -0.291 e. The van der Waals surface area contributed by atoms with Gasteiger partial charge in [0.25, 0.3) is 0 Å². The van der Waals surface area contributed by atoms with E-state index in [9.17, 15) is 0 Å². The van der Waals surface area contributed by atoms with E-state index in [-0.39, 0.29) is 0 Å². The average Bonchev–Trinajstić information content (AvgIpc) is 2.83. The number of halogens is 1. The van der Waals surface area contributed by atoms with Gasteiger partial charge < -0.3 is 0 Å². The molecule has 1 fully saturated rings. The largest absolute Gasteiger partial charge is 0.291 e. The Morgan fingerprint density at radius 2 is 2.28 bits per heavy atom. The second-order valence-electron chi connectivity index (χ2n) is 4.53. The van der Waals surface area contributed by atoms with Crippen molar-refractivity contribution in [2.24, 2.45) is 0 Å². The molecule has 4 nitrogen and oxygen atoms in total. The lowest BCUT2D eigenvalue weighted by Crippen LogP contribution is -2.00. The van der Waals surface area contributed by atoms with Crippen LogP contribution in [0.2, 0.25) is 0 Å². The van der Waals surface area contributed by atoms with Crippen LogP contribution in [-0.2, 0) is 5.88 Å². The van der Waals surface area contributed by atoms with E-state index in [2.05, 4.69) is 16.1 Å². The fraction of sp³-hybridized carbons (Fsp3) is 0.333. The Labute approximate surface area is 113 Å². The molecule has 0 aromatic carbocycles. The van der Waals surface area contributed by atoms with Crippen molar-refractivity contribution in [2.75, 3.05) is 0 Å². The number of alkyl halides is 1. The molecule has 1 aliphatic carbocycles. The highest BCUT2D eigenvalue weighted by molar-refractivity contribution is 7.15. The monoisotopic (exact) mass is 278 g/mol. The number of hydrogen-bond acceptors (Lipinski definition) is 3. The summed E-state index contributed by atoms with van der Waals surface area (Å²) in [5.74, 6) is 1.95. The molecule has 0 spiro atoms. The van der Waals surface area contributed by atoms with Crippen LogP contribution in [0.4, 0.5) is 0 Å². The first-order chi connectivity index (χ1) is 8.86. The van der Waals surface area contributed by atoms with Crippen molar-refractivity contribution < 1.29 is 0 Å². The molecular weight excluding hydrogens is 268 g/mol. The van der Waals surface area contributed by atoms with E-state index in [0.29, 0.717) is 11.8 Å². The van der Waals surface area contributed by atoms with Gasteiger partial charge in [-0.2, -0.15) is 10.1 Å². The first-order valence-electron chi connectivity index (χ1n) is 5.93. The zero-order valence-corrected chi connectivity index (χ0v) is 11.2. The van der Waals surface area contributed by atoms with Crippen molar-refractivity contribution in [1.29, 1.82) is 0 Å². The number of rotatable bonds is 3. The molecule has 3 heterocycles. The number of aromatic nitrogens is 4. The molecule has 0 bridgehead atoms. The quantitative estimate of drug-likeness (QED) is 0.690. The normalized spacial score (nSPS) is 15.6.